The second-order valence-electron chi connectivity index (χ2n) is 10.9. The summed E-state index contributed by atoms with van der Waals surface area (Å²) in [5.41, 5.74) is 7.09. The van der Waals surface area contributed by atoms with Crippen molar-refractivity contribution < 1.29 is 31.5 Å². The molecule has 2 aromatic heterocycles. The van der Waals surface area contributed by atoms with Crippen LogP contribution in [0, 0.1) is 23.4 Å². The Labute approximate surface area is 242 Å². The van der Waals surface area contributed by atoms with Gasteiger partial charge in [0.1, 0.15) is 29.7 Å². The van der Waals surface area contributed by atoms with E-state index >= 15 is 0 Å². The van der Waals surface area contributed by atoms with Crippen molar-refractivity contribution in [1.82, 2.24) is 20.1 Å². The highest BCUT2D eigenvalue weighted by Crippen LogP contribution is 2.55. The summed E-state index contributed by atoms with van der Waals surface area (Å²) >= 11 is 0. The quantitative estimate of drug-likeness (QED) is 0.248. The number of primary amides is 1. The van der Waals surface area contributed by atoms with E-state index in [1.165, 1.54) is 23.0 Å². The van der Waals surface area contributed by atoms with Crippen LogP contribution in [0.2, 0.25) is 0 Å². The molecule has 2 aromatic carbocycles. The van der Waals surface area contributed by atoms with Crippen molar-refractivity contribution in [2.75, 3.05) is 0 Å². The fraction of sp³-hybridized carbons (Fsp3) is 0.290. The maximum absolute atomic E-state index is 14.2. The van der Waals surface area contributed by atoms with Gasteiger partial charge in [-0.1, -0.05) is 12.1 Å². The molecular formula is C31H26F5N5O2. The number of rotatable bonds is 9. The summed E-state index contributed by atoms with van der Waals surface area (Å²) in [4.78, 5) is 29.7. The summed E-state index contributed by atoms with van der Waals surface area (Å²) in [6.07, 6.45) is 0.728. The molecule has 0 aliphatic heterocycles. The van der Waals surface area contributed by atoms with Crippen molar-refractivity contribution in [3.05, 3.63) is 106 Å². The van der Waals surface area contributed by atoms with Gasteiger partial charge in [0.05, 0.1) is 17.3 Å². The third-order valence-corrected chi connectivity index (χ3v) is 8.07. The number of aromatic nitrogens is 3. The van der Waals surface area contributed by atoms with E-state index in [9.17, 15) is 31.5 Å². The standard InChI is InChI=1S/C31H26F5N5O2/c32-18-8-15(9-19(33)13-18)10-25(27-20(2-1-7-38-27)16-4-6-24(34)23(12-16)31(37)43)39-26(42)14-41-29-21(28(40-41)30(35)36)5-3-17-11-22(17)29/h1-2,4,6-9,12-13,17,22,25,30H,3,5,10-11,14H2,(H2,37,43)(H,39,42)/t17?,22?,25-/m0/s1. The van der Waals surface area contributed by atoms with Gasteiger partial charge in [0.25, 0.3) is 12.3 Å². The van der Waals surface area contributed by atoms with E-state index in [0.717, 1.165) is 37.1 Å². The van der Waals surface area contributed by atoms with Crippen molar-refractivity contribution in [1.29, 1.82) is 0 Å². The van der Waals surface area contributed by atoms with E-state index in [4.69, 9.17) is 5.73 Å². The molecule has 12 heteroatoms. The lowest BCUT2D eigenvalue weighted by molar-refractivity contribution is -0.122. The van der Waals surface area contributed by atoms with E-state index in [0.29, 0.717) is 34.7 Å². The summed E-state index contributed by atoms with van der Waals surface area (Å²) in [6, 6.07) is 8.98. The highest BCUT2D eigenvalue weighted by Gasteiger charge is 2.46. The van der Waals surface area contributed by atoms with Gasteiger partial charge in [-0.2, -0.15) is 5.10 Å². The van der Waals surface area contributed by atoms with Gasteiger partial charge in [0.15, 0.2) is 0 Å². The van der Waals surface area contributed by atoms with E-state index in [1.54, 1.807) is 12.1 Å². The Balaban J connectivity index is 1.36. The number of amides is 2. The molecule has 2 unspecified atom stereocenters. The Morgan fingerprint density at radius 1 is 1.05 bits per heavy atom. The Morgan fingerprint density at radius 3 is 2.53 bits per heavy atom. The number of nitrogens with one attached hydrogen (secondary N) is 1. The van der Waals surface area contributed by atoms with Crippen LogP contribution in [0.1, 0.15) is 69.8 Å². The zero-order chi connectivity index (χ0) is 30.4. The van der Waals surface area contributed by atoms with E-state index in [2.05, 4.69) is 15.4 Å². The van der Waals surface area contributed by atoms with Crippen LogP contribution in [-0.4, -0.2) is 26.6 Å². The number of nitrogens with two attached hydrogens (primary N) is 1. The zero-order valence-electron chi connectivity index (χ0n) is 22.7. The molecule has 43 heavy (non-hydrogen) atoms. The number of hydrogen-bond donors (Lipinski definition) is 2. The summed E-state index contributed by atoms with van der Waals surface area (Å²) < 4.78 is 71.4. The number of nitrogens with zero attached hydrogens (tertiary/aromatic N) is 3. The topological polar surface area (TPSA) is 103 Å². The van der Waals surface area contributed by atoms with Crippen LogP contribution in [0.3, 0.4) is 0 Å². The molecule has 3 N–H and O–H groups in total. The van der Waals surface area contributed by atoms with E-state index < -0.39 is 41.7 Å². The van der Waals surface area contributed by atoms with Crippen LogP contribution in [-0.2, 0) is 24.2 Å². The van der Waals surface area contributed by atoms with Gasteiger partial charge < -0.3 is 11.1 Å². The van der Waals surface area contributed by atoms with Crippen molar-refractivity contribution in [3.63, 3.8) is 0 Å². The highest BCUT2D eigenvalue weighted by atomic mass is 19.3. The SMILES string of the molecule is NC(=O)c1cc(-c2cccnc2[C@H](Cc2cc(F)cc(F)c2)NC(=O)Cn2nc(C(F)F)c3c2C2CC2CC3)ccc1F. The molecule has 1 saturated carbocycles. The maximum Gasteiger partial charge on any atom is 0.282 e. The summed E-state index contributed by atoms with van der Waals surface area (Å²) in [5, 5.41) is 6.95. The molecule has 2 aliphatic carbocycles. The monoisotopic (exact) mass is 595 g/mol. The lowest BCUT2D eigenvalue weighted by atomic mass is 9.94. The van der Waals surface area contributed by atoms with Gasteiger partial charge in [-0.15, -0.1) is 0 Å². The molecule has 4 aromatic rings. The minimum absolute atomic E-state index is 0.0861. The Hall–Kier alpha value is -4.61. The molecule has 222 valence electrons. The normalized spacial score (nSPS) is 17.7. The average Bonchev–Trinajstić information content (AvgIpc) is 3.65. The number of hydrogen-bond acceptors (Lipinski definition) is 4. The molecule has 2 aliphatic rings. The fourth-order valence-electron chi connectivity index (χ4n) is 6.11. The van der Waals surface area contributed by atoms with Crippen molar-refractivity contribution in [2.24, 2.45) is 11.7 Å². The van der Waals surface area contributed by atoms with Crippen LogP contribution < -0.4 is 11.1 Å². The fourth-order valence-corrected chi connectivity index (χ4v) is 6.11. The summed E-state index contributed by atoms with van der Waals surface area (Å²) in [6.45, 7) is -0.350. The Bertz CT molecular complexity index is 1720. The number of pyridine rings is 1. The molecule has 7 nitrogen and oxygen atoms in total. The lowest BCUT2D eigenvalue weighted by Crippen LogP contribution is -2.34. The Kier molecular flexibility index (Phi) is 7.45. The first-order chi connectivity index (χ1) is 20.6. The first-order valence-corrected chi connectivity index (χ1v) is 13.8. The minimum atomic E-state index is -2.78. The number of halogens is 5. The average molecular weight is 596 g/mol. The van der Waals surface area contributed by atoms with Crippen LogP contribution >= 0.6 is 0 Å². The maximum atomic E-state index is 14.2. The van der Waals surface area contributed by atoms with Gasteiger partial charge in [-0.3, -0.25) is 19.3 Å². The molecule has 0 bridgehead atoms. The highest BCUT2D eigenvalue weighted by molar-refractivity contribution is 5.94. The van der Waals surface area contributed by atoms with Crippen LogP contribution in [0.25, 0.3) is 11.1 Å². The molecule has 0 radical (unpaired) electrons. The predicted molar refractivity (Wildman–Crippen MR) is 145 cm³/mol. The smallest absolute Gasteiger partial charge is 0.282 e. The van der Waals surface area contributed by atoms with Gasteiger partial charge in [0.2, 0.25) is 5.91 Å². The van der Waals surface area contributed by atoms with Crippen LogP contribution in [0.15, 0.2) is 54.7 Å². The summed E-state index contributed by atoms with van der Waals surface area (Å²) in [5.74, 6) is -3.52. The van der Waals surface area contributed by atoms with E-state index in [-0.39, 0.29) is 41.4 Å². The molecule has 1 fully saturated rings. The summed E-state index contributed by atoms with van der Waals surface area (Å²) in [7, 11) is 0. The number of alkyl halides is 2. The molecule has 2 amide bonds. The second-order valence-corrected chi connectivity index (χ2v) is 10.9. The van der Waals surface area contributed by atoms with Gasteiger partial charge in [-0.05, 0) is 73.1 Å². The molecule has 3 atom stereocenters. The largest absolute Gasteiger partial charge is 0.366 e. The van der Waals surface area contributed by atoms with Crippen molar-refractivity contribution in [2.45, 2.75) is 50.6 Å². The first-order valence-electron chi connectivity index (χ1n) is 13.8. The van der Waals surface area contributed by atoms with Gasteiger partial charge in [-0.25, -0.2) is 22.0 Å². The number of carbonyl (C=O) groups is 2. The van der Waals surface area contributed by atoms with Crippen LogP contribution in [0.4, 0.5) is 22.0 Å². The zero-order valence-corrected chi connectivity index (χ0v) is 22.7. The van der Waals surface area contributed by atoms with Crippen molar-refractivity contribution in [3.8, 4) is 11.1 Å². The molecule has 2 heterocycles. The molecule has 0 saturated heterocycles. The number of carbonyl (C=O) groups excluding carboxylic acids is 2. The van der Waals surface area contributed by atoms with Gasteiger partial charge in [0, 0.05) is 35.0 Å². The first kappa shape index (κ1) is 28.5. The minimum Gasteiger partial charge on any atom is -0.366 e. The lowest BCUT2D eigenvalue weighted by Gasteiger charge is -2.22. The molecule has 6 rings (SSSR count). The third kappa shape index (κ3) is 5.73. The molecular weight excluding hydrogens is 569 g/mol. The molecule has 0 spiro atoms. The van der Waals surface area contributed by atoms with E-state index in [1.807, 2.05) is 0 Å². The number of fused-ring (bicyclic) bond motifs is 3. The number of benzene rings is 2. The van der Waals surface area contributed by atoms with Crippen LogP contribution in [0.5, 0.6) is 0 Å². The second kappa shape index (κ2) is 11.2. The predicted octanol–water partition coefficient (Wildman–Crippen LogP) is 5.55. The Morgan fingerprint density at radius 2 is 1.81 bits per heavy atom. The van der Waals surface area contributed by atoms with Gasteiger partial charge >= 0.3 is 0 Å². The third-order valence-electron chi connectivity index (χ3n) is 8.07. The van der Waals surface area contributed by atoms with Crippen molar-refractivity contribution >= 4 is 11.8 Å².